The van der Waals surface area contributed by atoms with Gasteiger partial charge < -0.3 is 19.7 Å². The van der Waals surface area contributed by atoms with E-state index >= 15 is 0 Å². The molecule has 1 heterocycles. The zero-order valence-electron chi connectivity index (χ0n) is 15.5. The minimum atomic E-state index is 0.165. The first kappa shape index (κ1) is 20.4. The second kappa shape index (κ2) is 11.8. The van der Waals surface area contributed by atoms with Crippen LogP contribution < -0.4 is 5.32 Å². The fourth-order valence-corrected chi connectivity index (χ4v) is 2.71. The second-order valence-electron chi connectivity index (χ2n) is 7.36. The molecular weight excluding hydrogens is 292 g/mol. The van der Waals surface area contributed by atoms with Crippen LogP contribution in [0.5, 0.6) is 0 Å². The molecule has 0 aromatic rings. The molecule has 136 valence electrons. The van der Waals surface area contributed by atoms with Crippen LogP contribution >= 0.6 is 0 Å². The van der Waals surface area contributed by atoms with E-state index in [0.717, 1.165) is 38.6 Å². The van der Waals surface area contributed by atoms with Gasteiger partial charge in [0, 0.05) is 32.8 Å². The van der Waals surface area contributed by atoms with Crippen LogP contribution in [0.15, 0.2) is 0 Å². The molecule has 1 N–H and O–H groups in total. The normalized spacial score (nSPS) is 16.1. The Morgan fingerprint density at radius 1 is 1.04 bits per heavy atom. The summed E-state index contributed by atoms with van der Waals surface area (Å²) in [6, 6.07) is 0. The number of carbonyl (C=O) groups excluding carboxylic acids is 1. The van der Waals surface area contributed by atoms with E-state index in [1.807, 2.05) is 0 Å². The van der Waals surface area contributed by atoms with E-state index in [9.17, 15) is 4.79 Å². The van der Waals surface area contributed by atoms with Crippen molar-refractivity contribution in [2.45, 2.75) is 40.5 Å². The fourth-order valence-electron chi connectivity index (χ4n) is 2.71. The first-order valence-electron chi connectivity index (χ1n) is 9.14. The van der Waals surface area contributed by atoms with Gasteiger partial charge in [-0.25, -0.2) is 0 Å². The molecular formula is C18H36N2O3. The molecule has 1 aliphatic heterocycles. The van der Waals surface area contributed by atoms with Gasteiger partial charge in [0.1, 0.15) is 0 Å². The molecule has 0 saturated carbocycles. The van der Waals surface area contributed by atoms with Crippen molar-refractivity contribution in [3.05, 3.63) is 0 Å². The number of hydrogen-bond acceptors (Lipinski definition) is 4. The SMILES string of the molecule is CC(C)CCCOCCOCCNC(=O)C1CN(CC(C)C)C1. The fraction of sp³-hybridized carbons (Fsp3) is 0.944. The lowest BCUT2D eigenvalue weighted by atomic mass is 9.98. The first-order valence-corrected chi connectivity index (χ1v) is 9.14. The minimum absolute atomic E-state index is 0.165. The summed E-state index contributed by atoms with van der Waals surface area (Å²) in [6.45, 7) is 14.9. The van der Waals surface area contributed by atoms with Gasteiger partial charge in [-0.2, -0.15) is 0 Å². The van der Waals surface area contributed by atoms with Crippen molar-refractivity contribution in [1.82, 2.24) is 10.2 Å². The third-order valence-electron chi connectivity index (χ3n) is 3.94. The number of amides is 1. The van der Waals surface area contributed by atoms with Gasteiger partial charge in [0.15, 0.2) is 0 Å². The van der Waals surface area contributed by atoms with Crippen molar-refractivity contribution in [2.75, 3.05) is 52.6 Å². The number of likely N-dealkylation sites (tertiary alicyclic amines) is 1. The van der Waals surface area contributed by atoms with Crippen LogP contribution in [-0.4, -0.2) is 63.4 Å². The highest BCUT2D eigenvalue weighted by atomic mass is 16.5. The van der Waals surface area contributed by atoms with Crippen molar-refractivity contribution in [1.29, 1.82) is 0 Å². The molecule has 0 spiro atoms. The predicted octanol–water partition coefficient (Wildman–Crippen LogP) is 2.16. The van der Waals surface area contributed by atoms with Gasteiger partial charge in [-0.3, -0.25) is 4.79 Å². The predicted molar refractivity (Wildman–Crippen MR) is 93.5 cm³/mol. The van der Waals surface area contributed by atoms with Crippen molar-refractivity contribution in [3.8, 4) is 0 Å². The Labute approximate surface area is 142 Å². The Kier molecular flexibility index (Phi) is 10.5. The van der Waals surface area contributed by atoms with E-state index in [0.29, 0.717) is 32.3 Å². The summed E-state index contributed by atoms with van der Waals surface area (Å²) in [5.41, 5.74) is 0. The monoisotopic (exact) mass is 328 g/mol. The molecule has 1 rings (SSSR count). The van der Waals surface area contributed by atoms with Crippen LogP contribution in [0.4, 0.5) is 0 Å². The number of nitrogens with one attached hydrogen (secondary N) is 1. The molecule has 0 aromatic carbocycles. The van der Waals surface area contributed by atoms with Crippen LogP contribution in [0, 0.1) is 17.8 Å². The summed E-state index contributed by atoms with van der Waals surface area (Å²) < 4.78 is 11.0. The van der Waals surface area contributed by atoms with Crippen molar-refractivity contribution < 1.29 is 14.3 Å². The van der Waals surface area contributed by atoms with Crippen LogP contribution in [0.3, 0.4) is 0 Å². The molecule has 0 unspecified atom stereocenters. The molecule has 23 heavy (non-hydrogen) atoms. The molecule has 1 saturated heterocycles. The van der Waals surface area contributed by atoms with Gasteiger partial charge in [-0.05, 0) is 24.7 Å². The molecule has 1 fully saturated rings. The van der Waals surface area contributed by atoms with E-state index in [1.54, 1.807) is 0 Å². The number of carbonyl (C=O) groups is 1. The highest BCUT2D eigenvalue weighted by Gasteiger charge is 2.32. The Hall–Kier alpha value is -0.650. The Morgan fingerprint density at radius 3 is 2.30 bits per heavy atom. The highest BCUT2D eigenvalue weighted by molar-refractivity contribution is 5.79. The van der Waals surface area contributed by atoms with Crippen LogP contribution in [0.25, 0.3) is 0 Å². The lowest BCUT2D eigenvalue weighted by Crippen LogP contribution is -2.54. The topological polar surface area (TPSA) is 50.8 Å². The van der Waals surface area contributed by atoms with E-state index in [2.05, 4.69) is 37.9 Å². The maximum absolute atomic E-state index is 11.9. The molecule has 5 nitrogen and oxygen atoms in total. The second-order valence-corrected chi connectivity index (χ2v) is 7.36. The Balaban J connectivity index is 1.84. The smallest absolute Gasteiger partial charge is 0.225 e. The molecule has 5 heteroatoms. The molecule has 0 bridgehead atoms. The quantitative estimate of drug-likeness (QED) is 0.526. The van der Waals surface area contributed by atoms with Gasteiger partial charge in [0.25, 0.3) is 0 Å². The van der Waals surface area contributed by atoms with Gasteiger partial charge in [0.2, 0.25) is 5.91 Å². The lowest BCUT2D eigenvalue weighted by Gasteiger charge is -2.39. The Bertz CT molecular complexity index is 315. The van der Waals surface area contributed by atoms with Crippen molar-refractivity contribution in [3.63, 3.8) is 0 Å². The first-order chi connectivity index (χ1) is 11.0. The molecule has 1 aliphatic rings. The van der Waals surface area contributed by atoms with Crippen molar-refractivity contribution >= 4 is 5.91 Å². The van der Waals surface area contributed by atoms with Gasteiger partial charge in [-0.1, -0.05) is 27.7 Å². The van der Waals surface area contributed by atoms with E-state index in [4.69, 9.17) is 9.47 Å². The summed E-state index contributed by atoms with van der Waals surface area (Å²) in [4.78, 5) is 14.2. The molecule has 0 atom stereocenters. The van der Waals surface area contributed by atoms with Crippen LogP contribution in [0.1, 0.15) is 40.5 Å². The lowest BCUT2D eigenvalue weighted by molar-refractivity contribution is -0.130. The summed E-state index contributed by atoms with van der Waals surface area (Å²) in [6.07, 6.45) is 2.32. The highest BCUT2D eigenvalue weighted by Crippen LogP contribution is 2.16. The standard InChI is InChI=1S/C18H36N2O3/c1-15(2)6-5-8-22-10-11-23-9-7-19-18(21)17-13-20(14-17)12-16(3)4/h15-17H,5-14H2,1-4H3,(H,19,21). The van der Waals surface area contributed by atoms with Gasteiger partial charge >= 0.3 is 0 Å². The third-order valence-corrected chi connectivity index (χ3v) is 3.94. The summed E-state index contributed by atoms with van der Waals surface area (Å²) in [7, 11) is 0. The minimum Gasteiger partial charge on any atom is -0.379 e. The van der Waals surface area contributed by atoms with E-state index in [1.165, 1.54) is 6.42 Å². The van der Waals surface area contributed by atoms with Crippen LogP contribution in [0.2, 0.25) is 0 Å². The molecule has 0 aromatic heterocycles. The van der Waals surface area contributed by atoms with Crippen LogP contribution in [-0.2, 0) is 14.3 Å². The van der Waals surface area contributed by atoms with Gasteiger partial charge in [-0.15, -0.1) is 0 Å². The van der Waals surface area contributed by atoms with Crippen molar-refractivity contribution in [2.24, 2.45) is 17.8 Å². The Morgan fingerprint density at radius 2 is 1.70 bits per heavy atom. The maximum atomic E-state index is 11.9. The largest absolute Gasteiger partial charge is 0.379 e. The maximum Gasteiger partial charge on any atom is 0.225 e. The number of hydrogen-bond donors (Lipinski definition) is 1. The summed E-state index contributed by atoms with van der Waals surface area (Å²) >= 11 is 0. The summed E-state index contributed by atoms with van der Waals surface area (Å²) in [5.74, 6) is 1.74. The third kappa shape index (κ3) is 9.95. The van der Waals surface area contributed by atoms with Gasteiger partial charge in [0.05, 0.1) is 25.7 Å². The van der Waals surface area contributed by atoms with E-state index < -0.39 is 0 Å². The number of rotatable bonds is 13. The zero-order valence-corrected chi connectivity index (χ0v) is 15.5. The average molecular weight is 328 g/mol. The number of ether oxygens (including phenoxy) is 2. The average Bonchev–Trinajstić information content (AvgIpc) is 2.43. The molecule has 1 amide bonds. The number of nitrogens with zero attached hydrogens (tertiary/aromatic N) is 1. The van der Waals surface area contributed by atoms with E-state index in [-0.39, 0.29) is 11.8 Å². The zero-order chi connectivity index (χ0) is 17.1. The summed E-state index contributed by atoms with van der Waals surface area (Å²) in [5, 5.41) is 2.95. The molecule has 0 radical (unpaired) electrons. The molecule has 0 aliphatic carbocycles.